The third-order valence-electron chi connectivity index (χ3n) is 4.82. The van der Waals surface area contributed by atoms with E-state index in [9.17, 15) is 4.79 Å². The van der Waals surface area contributed by atoms with Crippen LogP contribution in [0.1, 0.15) is 42.1 Å². The molecule has 134 valence electrons. The molecule has 5 heteroatoms. The van der Waals surface area contributed by atoms with Gasteiger partial charge in [0.05, 0.1) is 29.4 Å². The summed E-state index contributed by atoms with van der Waals surface area (Å²) in [6, 6.07) is 12.3. The Balaban J connectivity index is 1.47. The van der Waals surface area contributed by atoms with Crippen molar-refractivity contribution in [2.75, 3.05) is 0 Å². The Hall–Kier alpha value is -2.40. The van der Waals surface area contributed by atoms with E-state index in [0.29, 0.717) is 12.5 Å². The molecule has 1 aliphatic carbocycles. The van der Waals surface area contributed by atoms with Crippen LogP contribution in [0.15, 0.2) is 52.5 Å². The van der Waals surface area contributed by atoms with Crippen LogP contribution in [-0.2, 0) is 11.2 Å². The monoisotopic (exact) mass is 366 g/mol. The van der Waals surface area contributed by atoms with E-state index in [4.69, 9.17) is 4.42 Å². The predicted octanol–water partition coefficient (Wildman–Crippen LogP) is 5.01. The van der Waals surface area contributed by atoms with Crippen LogP contribution in [0.5, 0.6) is 0 Å². The topological polar surface area (TPSA) is 46.3 Å². The summed E-state index contributed by atoms with van der Waals surface area (Å²) in [5.41, 5.74) is 3.12. The van der Waals surface area contributed by atoms with Crippen molar-refractivity contribution in [3.63, 3.8) is 0 Å². The Morgan fingerprint density at radius 2 is 2.08 bits per heavy atom. The van der Waals surface area contributed by atoms with Crippen LogP contribution in [0.2, 0.25) is 0 Å². The van der Waals surface area contributed by atoms with Crippen LogP contribution in [0, 0.1) is 6.92 Å². The lowest BCUT2D eigenvalue weighted by Crippen LogP contribution is -2.36. The average molecular weight is 366 g/mol. The molecule has 1 saturated carbocycles. The van der Waals surface area contributed by atoms with E-state index in [1.165, 1.54) is 0 Å². The van der Waals surface area contributed by atoms with E-state index in [0.717, 1.165) is 40.4 Å². The molecule has 1 unspecified atom stereocenters. The normalized spacial score (nSPS) is 15.0. The lowest BCUT2D eigenvalue weighted by atomic mass is 10.1. The molecule has 0 aliphatic heterocycles. The molecule has 3 aromatic rings. The van der Waals surface area contributed by atoms with Crippen molar-refractivity contribution in [2.45, 2.75) is 45.2 Å². The van der Waals surface area contributed by atoms with E-state index < -0.39 is 0 Å². The average Bonchev–Trinajstić information content (AvgIpc) is 3.12. The van der Waals surface area contributed by atoms with Gasteiger partial charge in [-0.05, 0) is 44.4 Å². The molecule has 1 aliphatic rings. The third kappa shape index (κ3) is 3.58. The van der Waals surface area contributed by atoms with Gasteiger partial charge in [-0.15, -0.1) is 11.3 Å². The number of rotatable bonds is 6. The fraction of sp³-hybridized carbons (Fsp3) is 0.333. The molecule has 0 N–H and O–H groups in total. The van der Waals surface area contributed by atoms with Crippen molar-refractivity contribution in [2.24, 2.45) is 0 Å². The largest absolute Gasteiger partial charge is 0.467 e. The highest BCUT2D eigenvalue weighted by atomic mass is 32.1. The Kier molecular flexibility index (Phi) is 4.64. The number of nitrogens with zero attached hydrogens (tertiary/aromatic N) is 2. The summed E-state index contributed by atoms with van der Waals surface area (Å²) < 4.78 is 5.52. The highest BCUT2D eigenvalue weighted by Crippen LogP contribution is 2.35. The van der Waals surface area contributed by atoms with Crippen molar-refractivity contribution in [1.82, 2.24) is 9.88 Å². The first kappa shape index (κ1) is 17.0. The first-order valence-electron chi connectivity index (χ1n) is 8.98. The molecule has 0 spiro atoms. The predicted molar refractivity (Wildman–Crippen MR) is 103 cm³/mol. The summed E-state index contributed by atoms with van der Waals surface area (Å²) in [4.78, 5) is 19.5. The lowest BCUT2D eigenvalue weighted by molar-refractivity contribution is -0.133. The van der Waals surface area contributed by atoms with Crippen LogP contribution < -0.4 is 0 Å². The van der Waals surface area contributed by atoms with Gasteiger partial charge in [-0.25, -0.2) is 4.98 Å². The lowest BCUT2D eigenvalue weighted by Gasteiger charge is -2.28. The van der Waals surface area contributed by atoms with Gasteiger partial charge in [0, 0.05) is 17.0 Å². The van der Waals surface area contributed by atoms with E-state index >= 15 is 0 Å². The van der Waals surface area contributed by atoms with Gasteiger partial charge in [0.25, 0.3) is 0 Å². The minimum Gasteiger partial charge on any atom is -0.467 e. The molecule has 2 aromatic heterocycles. The summed E-state index contributed by atoms with van der Waals surface area (Å²) in [6.07, 6.45) is 4.25. The van der Waals surface area contributed by atoms with E-state index in [-0.39, 0.29) is 11.9 Å². The summed E-state index contributed by atoms with van der Waals surface area (Å²) >= 11 is 1.65. The number of carbonyl (C=O) groups excluding carboxylic acids is 1. The molecule has 1 fully saturated rings. The van der Waals surface area contributed by atoms with Crippen LogP contribution >= 0.6 is 11.3 Å². The van der Waals surface area contributed by atoms with Gasteiger partial charge in [-0.3, -0.25) is 4.79 Å². The Morgan fingerprint density at radius 3 is 2.65 bits per heavy atom. The van der Waals surface area contributed by atoms with Gasteiger partial charge < -0.3 is 9.32 Å². The highest BCUT2D eigenvalue weighted by Gasteiger charge is 2.36. The van der Waals surface area contributed by atoms with E-state index in [1.54, 1.807) is 17.6 Å². The van der Waals surface area contributed by atoms with E-state index in [1.807, 2.05) is 43.0 Å². The number of furan rings is 1. The van der Waals surface area contributed by atoms with Gasteiger partial charge in [0.15, 0.2) is 0 Å². The zero-order valence-electron chi connectivity index (χ0n) is 15.0. The highest BCUT2D eigenvalue weighted by molar-refractivity contribution is 7.09. The molecule has 1 atom stereocenters. The fourth-order valence-corrected chi connectivity index (χ4v) is 3.93. The van der Waals surface area contributed by atoms with Gasteiger partial charge in [0.2, 0.25) is 5.91 Å². The third-order valence-corrected chi connectivity index (χ3v) is 5.60. The molecule has 0 saturated heterocycles. The minimum absolute atomic E-state index is 0.0257. The molecule has 26 heavy (non-hydrogen) atoms. The van der Waals surface area contributed by atoms with Crippen molar-refractivity contribution >= 4 is 17.2 Å². The number of aromatic nitrogens is 1. The molecule has 0 bridgehead atoms. The number of carbonyl (C=O) groups is 1. The van der Waals surface area contributed by atoms with E-state index in [2.05, 4.69) is 22.5 Å². The van der Waals surface area contributed by atoms with Crippen LogP contribution in [0.25, 0.3) is 11.3 Å². The molecule has 0 radical (unpaired) electrons. The zero-order valence-corrected chi connectivity index (χ0v) is 15.8. The molecule has 2 heterocycles. The quantitative estimate of drug-likeness (QED) is 0.616. The molecule has 4 nitrogen and oxygen atoms in total. The number of aryl methyl sites for hydroxylation is 1. The molecule has 1 aromatic carbocycles. The summed E-state index contributed by atoms with van der Waals surface area (Å²) in [6.45, 7) is 4.05. The number of thiazole rings is 1. The number of hydrogen-bond donors (Lipinski definition) is 0. The summed E-state index contributed by atoms with van der Waals surface area (Å²) in [5.74, 6) is 1.01. The van der Waals surface area contributed by atoms with Crippen molar-refractivity contribution in [3.05, 3.63) is 64.4 Å². The van der Waals surface area contributed by atoms with Gasteiger partial charge >= 0.3 is 0 Å². The van der Waals surface area contributed by atoms with Crippen molar-refractivity contribution in [1.29, 1.82) is 0 Å². The summed E-state index contributed by atoms with van der Waals surface area (Å²) in [5, 5.41) is 3.13. The first-order chi connectivity index (χ1) is 12.6. The second-order valence-electron chi connectivity index (χ2n) is 6.85. The Morgan fingerprint density at radius 1 is 1.31 bits per heavy atom. The maximum Gasteiger partial charge on any atom is 0.227 e. The molecule has 1 amide bonds. The van der Waals surface area contributed by atoms with Crippen molar-refractivity contribution < 1.29 is 9.21 Å². The van der Waals surface area contributed by atoms with Crippen molar-refractivity contribution in [3.8, 4) is 11.3 Å². The van der Waals surface area contributed by atoms with Gasteiger partial charge in [-0.2, -0.15) is 0 Å². The molecule has 4 rings (SSSR count). The first-order valence-corrected chi connectivity index (χ1v) is 9.86. The maximum atomic E-state index is 13.0. The fourth-order valence-electron chi connectivity index (χ4n) is 3.31. The zero-order chi connectivity index (χ0) is 18.1. The second kappa shape index (κ2) is 7.08. The number of hydrogen-bond acceptors (Lipinski definition) is 4. The maximum absolute atomic E-state index is 13.0. The standard InChI is InChI=1S/C21H22N2O2S/c1-14(20-4-3-11-25-20)23(18-9-10-18)21(24)12-16-5-7-17(8-6-16)19-13-26-15(2)22-19/h3-8,11,13-14,18H,9-10,12H2,1-2H3. The Labute approximate surface area is 157 Å². The van der Waals surface area contributed by atoms with Gasteiger partial charge in [-0.1, -0.05) is 24.3 Å². The van der Waals surface area contributed by atoms with Crippen LogP contribution in [0.4, 0.5) is 0 Å². The Bertz CT molecular complexity index is 879. The van der Waals surface area contributed by atoms with Gasteiger partial charge in [0.1, 0.15) is 5.76 Å². The van der Waals surface area contributed by atoms with Crippen LogP contribution in [0.3, 0.4) is 0 Å². The summed E-state index contributed by atoms with van der Waals surface area (Å²) in [7, 11) is 0. The number of benzene rings is 1. The second-order valence-corrected chi connectivity index (χ2v) is 7.91. The number of amides is 1. The molecular formula is C21H22N2O2S. The van der Waals surface area contributed by atoms with Crippen LogP contribution in [-0.4, -0.2) is 21.8 Å². The smallest absolute Gasteiger partial charge is 0.227 e. The molecular weight excluding hydrogens is 344 g/mol. The minimum atomic E-state index is -0.0257. The SMILES string of the molecule is Cc1nc(-c2ccc(CC(=O)N(C3CC3)C(C)c3ccco3)cc2)cs1.